The maximum atomic E-state index is 13.0. The van der Waals surface area contributed by atoms with Gasteiger partial charge in [0, 0.05) is 0 Å². The van der Waals surface area contributed by atoms with E-state index in [4.69, 9.17) is 4.74 Å². The van der Waals surface area contributed by atoms with Gasteiger partial charge in [0.1, 0.15) is 5.75 Å². The van der Waals surface area contributed by atoms with Gasteiger partial charge in [-0.1, -0.05) is 0 Å². The van der Waals surface area contributed by atoms with Crippen LogP contribution in [-0.4, -0.2) is 24.6 Å². The Kier molecular flexibility index (Phi) is 3.35. The number of hydrogen-bond acceptors (Lipinski definition) is 4. The van der Waals surface area contributed by atoms with Gasteiger partial charge in [0.2, 0.25) is 0 Å². The molecule has 1 heterocycles. The third kappa shape index (κ3) is 2.65. The van der Waals surface area contributed by atoms with E-state index in [0.717, 1.165) is 13.2 Å². The lowest BCUT2D eigenvalue weighted by atomic mass is 10.0. The summed E-state index contributed by atoms with van der Waals surface area (Å²) in [5.41, 5.74) is -3.18. The van der Waals surface area contributed by atoms with Crippen molar-refractivity contribution in [2.24, 2.45) is 0 Å². The Morgan fingerprint density at radius 2 is 1.95 bits per heavy atom. The maximum Gasteiger partial charge on any atom is 0.417 e. The third-order valence-electron chi connectivity index (χ3n) is 2.99. The summed E-state index contributed by atoms with van der Waals surface area (Å²) in [5.74, 6) is -1.82. The number of methoxy groups -OCH3 is 1. The Bertz CT molecular complexity index is 623. The number of anilines is 1. The van der Waals surface area contributed by atoms with E-state index in [1.807, 2.05) is 0 Å². The summed E-state index contributed by atoms with van der Waals surface area (Å²) in [4.78, 5) is 23.2. The minimum absolute atomic E-state index is 0.00674. The van der Waals surface area contributed by atoms with Crippen molar-refractivity contribution in [2.45, 2.75) is 25.6 Å². The van der Waals surface area contributed by atoms with E-state index < -0.39 is 34.8 Å². The summed E-state index contributed by atoms with van der Waals surface area (Å²) in [6.45, 7) is 2.85. The maximum absolute atomic E-state index is 13.0. The highest BCUT2D eigenvalue weighted by Gasteiger charge is 2.41. The molecular weight excluding hydrogens is 291 g/mol. The van der Waals surface area contributed by atoms with Crippen LogP contribution in [0.25, 0.3) is 0 Å². The number of carbonyl (C=O) groups excluding carboxylic acids is 2. The second-order valence-corrected chi connectivity index (χ2v) is 4.95. The van der Waals surface area contributed by atoms with Crippen molar-refractivity contribution in [1.29, 1.82) is 0 Å². The zero-order chi connectivity index (χ0) is 16.0. The van der Waals surface area contributed by atoms with Crippen molar-refractivity contribution in [3.8, 4) is 5.75 Å². The predicted octanol–water partition coefficient (Wildman–Crippen LogP) is 2.60. The molecular formula is C13H12F3NO4. The number of alkyl halides is 3. The summed E-state index contributed by atoms with van der Waals surface area (Å²) in [6.07, 6.45) is -4.76. The number of fused-ring (bicyclic) bond motifs is 1. The van der Waals surface area contributed by atoms with Crippen molar-refractivity contribution in [1.82, 2.24) is 0 Å². The van der Waals surface area contributed by atoms with E-state index >= 15 is 0 Å². The lowest BCUT2D eigenvalue weighted by Crippen LogP contribution is -2.45. The third-order valence-corrected chi connectivity index (χ3v) is 2.99. The molecule has 0 aromatic heterocycles. The molecule has 1 aromatic rings. The number of ether oxygens (including phenoxy) is 2. The van der Waals surface area contributed by atoms with E-state index in [1.54, 1.807) is 0 Å². The molecule has 114 valence electrons. The lowest BCUT2D eigenvalue weighted by molar-refractivity contribution is -0.138. The number of amides is 1. The van der Waals surface area contributed by atoms with Crippen LogP contribution in [-0.2, 0) is 15.7 Å². The van der Waals surface area contributed by atoms with Crippen LogP contribution >= 0.6 is 0 Å². The molecule has 1 N–H and O–H groups in total. The summed E-state index contributed by atoms with van der Waals surface area (Å²) < 4.78 is 48.7. The van der Waals surface area contributed by atoms with Crippen molar-refractivity contribution in [3.63, 3.8) is 0 Å². The molecule has 1 aliphatic rings. The quantitative estimate of drug-likeness (QED) is 0.810. The van der Waals surface area contributed by atoms with Crippen molar-refractivity contribution < 1.29 is 32.2 Å². The molecule has 0 aliphatic carbocycles. The smallest absolute Gasteiger partial charge is 0.417 e. The van der Waals surface area contributed by atoms with Crippen molar-refractivity contribution in [2.75, 3.05) is 12.4 Å². The second kappa shape index (κ2) is 4.64. The van der Waals surface area contributed by atoms with E-state index in [0.29, 0.717) is 6.07 Å². The monoisotopic (exact) mass is 303 g/mol. The Labute approximate surface area is 118 Å². The van der Waals surface area contributed by atoms with Gasteiger partial charge in [-0.2, -0.15) is 13.2 Å². The van der Waals surface area contributed by atoms with E-state index in [1.165, 1.54) is 13.8 Å². The van der Waals surface area contributed by atoms with E-state index in [9.17, 15) is 22.8 Å². The van der Waals surface area contributed by atoms with Gasteiger partial charge in [0.25, 0.3) is 5.91 Å². The Hall–Kier alpha value is -2.25. The van der Waals surface area contributed by atoms with Crippen molar-refractivity contribution in [3.05, 3.63) is 23.3 Å². The van der Waals surface area contributed by atoms with Gasteiger partial charge in [0.05, 0.1) is 23.9 Å². The first-order chi connectivity index (χ1) is 9.56. The number of halogens is 3. The molecule has 0 unspecified atom stereocenters. The topological polar surface area (TPSA) is 64.6 Å². The van der Waals surface area contributed by atoms with Gasteiger partial charge < -0.3 is 14.8 Å². The molecule has 0 radical (unpaired) electrons. The average Bonchev–Trinajstić information content (AvgIpc) is 2.36. The van der Waals surface area contributed by atoms with Crippen LogP contribution in [0, 0.1) is 0 Å². The molecule has 1 amide bonds. The first-order valence-corrected chi connectivity index (χ1v) is 5.90. The molecule has 0 fully saturated rings. The number of rotatable bonds is 1. The fourth-order valence-corrected chi connectivity index (χ4v) is 1.87. The largest absolute Gasteiger partial charge is 0.476 e. The van der Waals surface area contributed by atoms with Gasteiger partial charge in [-0.3, -0.25) is 4.79 Å². The molecule has 0 spiro atoms. The van der Waals surface area contributed by atoms with E-state index in [-0.39, 0.29) is 11.4 Å². The molecule has 0 atom stereocenters. The molecule has 0 bridgehead atoms. The summed E-state index contributed by atoms with van der Waals surface area (Å²) in [5, 5.41) is 2.41. The molecule has 8 heteroatoms. The summed E-state index contributed by atoms with van der Waals surface area (Å²) in [6, 6.07) is 1.58. The van der Waals surface area contributed by atoms with Crippen LogP contribution < -0.4 is 10.1 Å². The molecule has 5 nitrogen and oxygen atoms in total. The summed E-state index contributed by atoms with van der Waals surface area (Å²) >= 11 is 0. The number of carbonyl (C=O) groups is 2. The van der Waals surface area contributed by atoms with Gasteiger partial charge in [-0.15, -0.1) is 0 Å². The molecule has 1 aliphatic heterocycles. The fourth-order valence-electron chi connectivity index (χ4n) is 1.87. The SMILES string of the molecule is COC(=O)c1cc2c(cc1C(F)(F)F)OC(C)(C)C(=O)N2. The Morgan fingerprint density at radius 3 is 2.48 bits per heavy atom. The molecule has 0 saturated carbocycles. The Balaban J connectivity index is 2.63. The van der Waals surface area contributed by atoms with Crippen LogP contribution in [0.5, 0.6) is 5.75 Å². The molecule has 1 aromatic carbocycles. The molecule has 21 heavy (non-hydrogen) atoms. The normalized spacial score (nSPS) is 16.6. The van der Waals surface area contributed by atoms with Gasteiger partial charge >= 0.3 is 12.1 Å². The van der Waals surface area contributed by atoms with Crippen LogP contribution in [0.3, 0.4) is 0 Å². The highest BCUT2D eigenvalue weighted by molar-refractivity contribution is 6.02. The van der Waals surface area contributed by atoms with Gasteiger partial charge in [-0.25, -0.2) is 4.79 Å². The van der Waals surface area contributed by atoms with Crippen LogP contribution in [0.15, 0.2) is 12.1 Å². The number of benzene rings is 1. The number of nitrogens with one attached hydrogen (secondary N) is 1. The minimum Gasteiger partial charge on any atom is -0.476 e. The zero-order valence-electron chi connectivity index (χ0n) is 11.4. The summed E-state index contributed by atoms with van der Waals surface area (Å²) in [7, 11) is 0.972. The van der Waals surface area contributed by atoms with Gasteiger partial charge in [0.15, 0.2) is 5.60 Å². The lowest BCUT2D eigenvalue weighted by Gasteiger charge is -2.32. The standard InChI is InChI=1S/C13H12F3NO4/c1-12(2)11(19)17-8-4-6(10(18)20-3)7(13(14,15)16)5-9(8)21-12/h4-5H,1-3H3,(H,17,19). The van der Waals surface area contributed by atoms with Crippen LogP contribution in [0.1, 0.15) is 29.8 Å². The zero-order valence-corrected chi connectivity index (χ0v) is 11.4. The van der Waals surface area contributed by atoms with Crippen molar-refractivity contribution >= 4 is 17.6 Å². The fraction of sp³-hybridized carbons (Fsp3) is 0.385. The minimum atomic E-state index is -4.76. The average molecular weight is 303 g/mol. The number of esters is 1. The molecule has 0 saturated heterocycles. The number of hydrogen-bond donors (Lipinski definition) is 1. The van der Waals surface area contributed by atoms with Crippen LogP contribution in [0.2, 0.25) is 0 Å². The first kappa shape index (κ1) is 15.1. The second-order valence-electron chi connectivity index (χ2n) is 4.95. The van der Waals surface area contributed by atoms with Gasteiger partial charge in [-0.05, 0) is 26.0 Å². The van der Waals surface area contributed by atoms with Crippen LogP contribution in [0.4, 0.5) is 18.9 Å². The highest BCUT2D eigenvalue weighted by Crippen LogP contribution is 2.41. The first-order valence-electron chi connectivity index (χ1n) is 5.90. The predicted molar refractivity (Wildman–Crippen MR) is 66.1 cm³/mol. The highest BCUT2D eigenvalue weighted by atomic mass is 19.4. The molecule has 2 rings (SSSR count). The Morgan fingerprint density at radius 1 is 1.33 bits per heavy atom. The van der Waals surface area contributed by atoms with E-state index in [2.05, 4.69) is 10.1 Å².